The highest BCUT2D eigenvalue weighted by Crippen LogP contribution is 2.33. The van der Waals surface area contributed by atoms with E-state index in [1.165, 1.54) is 24.3 Å². The number of hydrogen-bond acceptors (Lipinski definition) is 2. The van der Waals surface area contributed by atoms with Crippen molar-refractivity contribution in [3.63, 3.8) is 0 Å². The molecule has 0 spiro atoms. The maximum Gasteiger partial charge on any atom is 0.224 e. The minimum Gasteiger partial charge on any atom is -0.353 e. The third kappa shape index (κ3) is 4.85. The minimum absolute atomic E-state index is 0.203. The Balaban J connectivity index is 1.52. The minimum atomic E-state index is -0.313. The number of nitrogens with zero attached hydrogens (tertiary/aromatic N) is 1. The van der Waals surface area contributed by atoms with Crippen molar-refractivity contribution in [2.24, 2.45) is 0 Å². The fourth-order valence-corrected chi connectivity index (χ4v) is 4.06. The molecule has 0 radical (unpaired) electrons. The molecule has 2 aromatic heterocycles. The number of amides is 1. The van der Waals surface area contributed by atoms with Crippen molar-refractivity contribution < 1.29 is 9.18 Å². The molecule has 0 aliphatic rings. The highest BCUT2D eigenvalue weighted by Gasteiger charge is 2.16. The molecule has 0 saturated carbocycles. The van der Waals surface area contributed by atoms with E-state index in [4.69, 9.17) is 34.8 Å². The van der Waals surface area contributed by atoms with E-state index in [0.29, 0.717) is 33.6 Å². The van der Waals surface area contributed by atoms with E-state index in [0.717, 1.165) is 27.9 Å². The summed E-state index contributed by atoms with van der Waals surface area (Å²) in [6, 6.07) is 13.3. The Kier molecular flexibility index (Phi) is 6.46. The lowest BCUT2D eigenvalue weighted by atomic mass is 10.0. The van der Waals surface area contributed by atoms with Gasteiger partial charge in [-0.2, -0.15) is 0 Å². The highest BCUT2D eigenvalue weighted by molar-refractivity contribution is 6.44. The van der Waals surface area contributed by atoms with Crippen LogP contribution in [-0.2, 0) is 11.2 Å². The summed E-state index contributed by atoms with van der Waals surface area (Å²) in [5.74, 6) is -0.516. The summed E-state index contributed by atoms with van der Waals surface area (Å²) in [6.07, 6.45) is 3.08. The summed E-state index contributed by atoms with van der Waals surface area (Å²) in [5.41, 5.74) is 3.75. The van der Waals surface area contributed by atoms with E-state index in [2.05, 4.69) is 15.3 Å². The first-order valence-corrected chi connectivity index (χ1v) is 10.7. The first-order valence-electron chi connectivity index (χ1n) is 9.58. The molecule has 0 atom stereocenters. The molecule has 2 N–H and O–H groups in total. The quantitative estimate of drug-likeness (QED) is 0.287. The molecule has 2 heterocycles. The van der Waals surface area contributed by atoms with Gasteiger partial charge in [-0.25, -0.2) is 4.39 Å². The third-order valence-electron chi connectivity index (χ3n) is 4.90. The van der Waals surface area contributed by atoms with Crippen molar-refractivity contribution >= 4 is 57.3 Å². The molecule has 1 amide bonds. The predicted octanol–water partition coefficient (Wildman–Crippen LogP) is 7.29. The second-order valence-electron chi connectivity index (χ2n) is 7.03. The van der Waals surface area contributed by atoms with Gasteiger partial charge in [0.1, 0.15) is 5.82 Å². The highest BCUT2D eigenvalue weighted by atomic mass is 35.5. The normalized spacial score (nSPS) is 11.1. The number of fused-ring (bicyclic) bond motifs is 1. The average molecular weight is 477 g/mol. The molecule has 31 heavy (non-hydrogen) atoms. The van der Waals surface area contributed by atoms with Crippen LogP contribution in [0.4, 0.5) is 10.1 Å². The monoisotopic (exact) mass is 475 g/mol. The third-order valence-corrected chi connectivity index (χ3v) is 5.94. The SMILES string of the molecule is O=C(CCCc1c(-c2ccccn2)[nH]c2ccc(F)cc12)Nc1cc(Cl)c(Cl)cc1Cl. The van der Waals surface area contributed by atoms with E-state index < -0.39 is 0 Å². The largest absolute Gasteiger partial charge is 0.353 e. The van der Waals surface area contributed by atoms with Crippen molar-refractivity contribution in [1.29, 1.82) is 0 Å². The van der Waals surface area contributed by atoms with Gasteiger partial charge in [0.05, 0.1) is 32.1 Å². The molecule has 0 aliphatic carbocycles. The lowest BCUT2D eigenvalue weighted by Gasteiger charge is -2.09. The Morgan fingerprint density at radius 1 is 1.03 bits per heavy atom. The number of carbonyl (C=O) groups excluding carboxylic acids is 1. The molecule has 2 aromatic carbocycles. The van der Waals surface area contributed by atoms with E-state index in [9.17, 15) is 9.18 Å². The Morgan fingerprint density at radius 2 is 1.84 bits per heavy atom. The van der Waals surface area contributed by atoms with E-state index in [1.807, 2.05) is 18.2 Å². The summed E-state index contributed by atoms with van der Waals surface area (Å²) in [7, 11) is 0. The van der Waals surface area contributed by atoms with Crippen molar-refractivity contribution in [3.05, 3.63) is 81.2 Å². The van der Waals surface area contributed by atoms with Gasteiger partial charge in [-0.05, 0) is 60.9 Å². The first-order chi connectivity index (χ1) is 14.9. The molecule has 0 unspecified atom stereocenters. The van der Waals surface area contributed by atoms with Crippen LogP contribution in [0.2, 0.25) is 15.1 Å². The van der Waals surface area contributed by atoms with Crippen LogP contribution in [0, 0.1) is 5.82 Å². The number of aryl methyl sites for hydroxylation is 1. The molecular weight excluding hydrogens is 460 g/mol. The van der Waals surface area contributed by atoms with Crippen molar-refractivity contribution in [2.75, 3.05) is 5.32 Å². The standard InChI is InChI=1S/C23H17Cl3FN3O/c24-16-11-18(26)21(12-17(16)25)29-22(31)6-3-4-14-15-10-13(27)7-8-19(15)30-23(14)20-5-1-2-9-28-20/h1-2,5,7-12,30H,3-4,6H2,(H,29,31). The van der Waals surface area contributed by atoms with Crippen LogP contribution in [0.3, 0.4) is 0 Å². The molecule has 4 aromatic rings. The zero-order valence-corrected chi connectivity index (χ0v) is 18.5. The number of hydrogen-bond donors (Lipinski definition) is 2. The summed E-state index contributed by atoms with van der Waals surface area (Å²) in [5, 5.41) is 4.48. The van der Waals surface area contributed by atoms with Gasteiger partial charge in [0.15, 0.2) is 0 Å². The maximum absolute atomic E-state index is 13.9. The Bertz CT molecular complexity index is 1260. The summed E-state index contributed by atoms with van der Waals surface area (Å²) in [6.45, 7) is 0. The van der Waals surface area contributed by atoms with Gasteiger partial charge in [-0.1, -0.05) is 40.9 Å². The number of aromatic amines is 1. The Labute approximate surface area is 193 Å². The Hall–Kier alpha value is -2.60. The van der Waals surface area contributed by atoms with Crippen LogP contribution in [-0.4, -0.2) is 15.9 Å². The summed E-state index contributed by atoms with van der Waals surface area (Å²) >= 11 is 18.1. The number of H-pyrrole nitrogens is 1. The van der Waals surface area contributed by atoms with Gasteiger partial charge in [0.2, 0.25) is 5.91 Å². The van der Waals surface area contributed by atoms with Crippen LogP contribution >= 0.6 is 34.8 Å². The van der Waals surface area contributed by atoms with Crippen molar-refractivity contribution in [3.8, 4) is 11.4 Å². The Morgan fingerprint density at radius 3 is 2.61 bits per heavy atom. The van der Waals surface area contributed by atoms with Crippen LogP contribution in [0.1, 0.15) is 18.4 Å². The fraction of sp³-hybridized carbons (Fsp3) is 0.130. The van der Waals surface area contributed by atoms with E-state index >= 15 is 0 Å². The smallest absolute Gasteiger partial charge is 0.224 e. The topological polar surface area (TPSA) is 57.8 Å². The number of nitrogens with one attached hydrogen (secondary N) is 2. The number of rotatable bonds is 6. The van der Waals surface area contributed by atoms with E-state index in [-0.39, 0.29) is 18.1 Å². The summed E-state index contributed by atoms with van der Waals surface area (Å²) < 4.78 is 13.9. The van der Waals surface area contributed by atoms with Crippen LogP contribution < -0.4 is 5.32 Å². The van der Waals surface area contributed by atoms with Crippen LogP contribution in [0.25, 0.3) is 22.3 Å². The lowest BCUT2D eigenvalue weighted by Crippen LogP contribution is -2.12. The second kappa shape index (κ2) is 9.27. The maximum atomic E-state index is 13.9. The van der Waals surface area contributed by atoms with Crippen LogP contribution in [0.5, 0.6) is 0 Å². The molecule has 0 saturated heterocycles. The summed E-state index contributed by atoms with van der Waals surface area (Å²) in [4.78, 5) is 20.2. The molecule has 158 valence electrons. The number of benzene rings is 2. The number of aromatic nitrogens is 2. The number of carbonyl (C=O) groups is 1. The lowest BCUT2D eigenvalue weighted by molar-refractivity contribution is -0.116. The molecule has 8 heteroatoms. The van der Waals surface area contributed by atoms with Gasteiger partial charge < -0.3 is 10.3 Å². The second-order valence-corrected chi connectivity index (χ2v) is 8.25. The molecule has 0 fully saturated rings. The van der Waals surface area contributed by atoms with Gasteiger partial charge >= 0.3 is 0 Å². The van der Waals surface area contributed by atoms with Crippen molar-refractivity contribution in [1.82, 2.24) is 9.97 Å². The zero-order valence-electron chi connectivity index (χ0n) is 16.2. The molecule has 4 nitrogen and oxygen atoms in total. The number of pyridine rings is 1. The molecule has 0 aliphatic heterocycles. The van der Waals surface area contributed by atoms with E-state index in [1.54, 1.807) is 12.3 Å². The number of halogens is 4. The van der Waals surface area contributed by atoms with Gasteiger partial charge in [-0.15, -0.1) is 0 Å². The predicted molar refractivity (Wildman–Crippen MR) is 125 cm³/mol. The molecule has 0 bridgehead atoms. The zero-order chi connectivity index (χ0) is 22.0. The average Bonchev–Trinajstić information content (AvgIpc) is 3.10. The van der Waals surface area contributed by atoms with Crippen molar-refractivity contribution in [2.45, 2.75) is 19.3 Å². The molecular formula is C23H17Cl3FN3O. The first kappa shape index (κ1) is 21.6. The van der Waals surface area contributed by atoms with Crippen LogP contribution in [0.15, 0.2) is 54.7 Å². The van der Waals surface area contributed by atoms with Gasteiger partial charge in [0.25, 0.3) is 0 Å². The molecule has 4 rings (SSSR count). The van der Waals surface area contributed by atoms with Gasteiger partial charge in [0, 0.05) is 23.5 Å². The number of anilines is 1. The van der Waals surface area contributed by atoms with Gasteiger partial charge in [-0.3, -0.25) is 9.78 Å². The fourth-order valence-electron chi connectivity index (χ4n) is 3.47.